The average molecular weight is 367 g/mol. The number of hydrogen-bond donors (Lipinski definition) is 0. The second-order valence-electron chi connectivity index (χ2n) is 4.90. The van der Waals surface area contributed by atoms with Crippen LogP contribution in [0.3, 0.4) is 0 Å². The zero-order valence-corrected chi connectivity index (χ0v) is 13.3. The standard InChI is InChI=1S/C17H10ClF3N2O2/c18-13-6-4-12(5-7-13)16-23-22-15(24-16)10-3-11-1-8-14(9-2-11)25-17(19,20)21/h1-10H. The molecule has 3 aromatic rings. The second kappa shape index (κ2) is 6.98. The molecule has 0 radical (unpaired) electrons. The van der Waals surface area contributed by atoms with Crippen molar-refractivity contribution in [2.24, 2.45) is 0 Å². The van der Waals surface area contributed by atoms with Crippen LogP contribution < -0.4 is 4.74 Å². The molecule has 25 heavy (non-hydrogen) atoms. The van der Waals surface area contributed by atoms with Crippen molar-refractivity contribution < 1.29 is 22.3 Å². The molecule has 8 heteroatoms. The summed E-state index contributed by atoms with van der Waals surface area (Å²) < 4.78 is 45.6. The van der Waals surface area contributed by atoms with Gasteiger partial charge in [0.15, 0.2) is 0 Å². The second-order valence-corrected chi connectivity index (χ2v) is 5.34. The van der Waals surface area contributed by atoms with Gasteiger partial charge in [0.2, 0.25) is 11.8 Å². The molecular formula is C17H10ClF3N2O2. The van der Waals surface area contributed by atoms with Crippen molar-refractivity contribution in [3.05, 3.63) is 65.0 Å². The van der Waals surface area contributed by atoms with E-state index in [1.54, 1.807) is 36.4 Å². The topological polar surface area (TPSA) is 48.2 Å². The quantitative estimate of drug-likeness (QED) is 0.615. The van der Waals surface area contributed by atoms with E-state index in [0.717, 1.165) is 5.56 Å². The lowest BCUT2D eigenvalue weighted by Gasteiger charge is -2.08. The summed E-state index contributed by atoms with van der Waals surface area (Å²) >= 11 is 5.82. The third-order valence-corrected chi connectivity index (χ3v) is 3.32. The van der Waals surface area contributed by atoms with Crippen molar-refractivity contribution in [2.45, 2.75) is 6.36 Å². The lowest BCUT2D eigenvalue weighted by molar-refractivity contribution is -0.274. The van der Waals surface area contributed by atoms with E-state index in [2.05, 4.69) is 14.9 Å². The molecule has 0 saturated carbocycles. The van der Waals surface area contributed by atoms with E-state index in [9.17, 15) is 13.2 Å². The molecule has 3 rings (SSSR count). The summed E-state index contributed by atoms with van der Waals surface area (Å²) in [5.74, 6) is 0.318. The van der Waals surface area contributed by atoms with Crippen molar-refractivity contribution in [1.82, 2.24) is 10.2 Å². The van der Waals surface area contributed by atoms with E-state index in [-0.39, 0.29) is 11.6 Å². The molecule has 0 spiro atoms. The van der Waals surface area contributed by atoms with Gasteiger partial charge in [0, 0.05) is 16.7 Å². The van der Waals surface area contributed by atoms with Crippen LogP contribution in [0.2, 0.25) is 5.02 Å². The van der Waals surface area contributed by atoms with E-state index in [1.807, 2.05) is 0 Å². The van der Waals surface area contributed by atoms with Crippen LogP contribution in [0.1, 0.15) is 11.5 Å². The molecule has 0 unspecified atom stereocenters. The van der Waals surface area contributed by atoms with Crippen molar-refractivity contribution in [1.29, 1.82) is 0 Å². The van der Waals surface area contributed by atoms with Crippen LogP contribution in [0, 0.1) is 0 Å². The van der Waals surface area contributed by atoms with Gasteiger partial charge in [0.1, 0.15) is 5.75 Å². The van der Waals surface area contributed by atoms with Crippen molar-refractivity contribution in [3.8, 4) is 17.2 Å². The fourth-order valence-electron chi connectivity index (χ4n) is 1.96. The summed E-state index contributed by atoms with van der Waals surface area (Å²) in [7, 11) is 0. The smallest absolute Gasteiger partial charge is 0.417 e. The lowest BCUT2D eigenvalue weighted by atomic mass is 10.2. The number of alkyl halides is 3. The predicted molar refractivity (Wildman–Crippen MR) is 86.8 cm³/mol. The lowest BCUT2D eigenvalue weighted by Crippen LogP contribution is -2.16. The maximum absolute atomic E-state index is 12.1. The summed E-state index contributed by atoms with van der Waals surface area (Å²) in [6, 6.07) is 12.3. The molecule has 4 nitrogen and oxygen atoms in total. The Kier molecular flexibility index (Phi) is 4.76. The Bertz CT molecular complexity index is 872. The highest BCUT2D eigenvalue weighted by Gasteiger charge is 2.30. The van der Waals surface area contributed by atoms with E-state index in [0.29, 0.717) is 16.5 Å². The van der Waals surface area contributed by atoms with Gasteiger partial charge in [-0.1, -0.05) is 23.7 Å². The first-order valence-electron chi connectivity index (χ1n) is 7.02. The first kappa shape index (κ1) is 17.0. The Balaban J connectivity index is 1.69. The van der Waals surface area contributed by atoms with Gasteiger partial charge in [0.05, 0.1) is 0 Å². The Labute approximate surface area is 145 Å². The van der Waals surface area contributed by atoms with Gasteiger partial charge >= 0.3 is 6.36 Å². The Morgan fingerprint density at radius 3 is 2.24 bits per heavy atom. The molecule has 0 N–H and O–H groups in total. The van der Waals surface area contributed by atoms with E-state index >= 15 is 0 Å². The summed E-state index contributed by atoms with van der Waals surface area (Å²) in [6.45, 7) is 0. The molecule has 2 aromatic carbocycles. The van der Waals surface area contributed by atoms with E-state index < -0.39 is 6.36 Å². The minimum atomic E-state index is -4.71. The van der Waals surface area contributed by atoms with Crippen LogP contribution in [0.5, 0.6) is 5.75 Å². The fourth-order valence-corrected chi connectivity index (χ4v) is 2.09. The highest BCUT2D eigenvalue weighted by atomic mass is 35.5. The molecule has 1 aromatic heterocycles. The van der Waals surface area contributed by atoms with Gasteiger partial charge in [-0.2, -0.15) is 0 Å². The van der Waals surface area contributed by atoms with Crippen LogP contribution in [-0.4, -0.2) is 16.6 Å². The first-order chi connectivity index (χ1) is 11.9. The summed E-state index contributed by atoms with van der Waals surface area (Å²) in [6.07, 6.45) is -1.51. The number of halogens is 4. The molecule has 128 valence electrons. The molecule has 0 bridgehead atoms. The van der Waals surface area contributed by atoms with Crippen molar-refractivity contribution in [2.75, 3.05) is 0 Å². The normalized spacial score (nSPS) is 11.8. The molecule has 0 aliphatic carbocycles. The van der Waals surface area contributed by atoms with Crippen LogP contribution in [-0.2, 0) is 0 Å². The molecule has 0 fully saturated rings. The van der Waals surface area contributed by atoms with E-state index in [1.165, 1.54) is 24.3 Å². The number of aromatic nitrogens is 2. The first-order valence-corrected chi connectivity index (χ1v) is 7.40. The van der Waals surface area contributed by atoms with Crippen molar-refractivity contribution in [3.63, 3.8) is 0 Å². The van der Waals surface area contributed by atoms with Gasteiger partial charge in [-0.3, -0.25) is 0 Å². The highest BCUT2D eigenvalue weighted by Crippen LogP contribution is 2.24. The van der Waals surface area contributed by atoms with Gasteiger partial charge < -0.3 is 9.15 Å². The summed E-state index contributed by atoms with van der Waals surface area (Å²) in [5.41, 5.74) is 1.38. The molecule has 0 saturated heterocycles. The number of hydrogen-bond acceptors (Lipinski definition) is 4. The highest BCUT2D eigenvalue weighted by molar-refractivity contribution is 6.30. The number of nitrogens with zero attached hydrogens (tertiary/aromatic N) is 2. The number of benzene rings is 2. The van der Waals surface area contributed by atoms with Crippen molar-refractivity contribution >= 4 is 23.8 Å². The molecule has 0 amide bonds. The Morgan fingerprint density at radius 2 is 1.60 bits per heavy atom. The molecule has 0 atom stereocenters. The molecule has 0 aliphatic heterocycles. The zero-order chi connectivity index (χ0) is 17.9. The minimum absolute atomic E-state index is 0.264. The Morgan fingerprint density at radius 1 is 0.920 bits per heavy atom. The molecule has 0 aliphatic rings. The largest absolute Gasteiger partial charge is 0.573 e. The monoisotopic (exact) mass is 366 g/mol. The van der Waals surface area contributed by atoms with Gasteiger partial charge in [-0.05, 0) is 48.0 Å². The number of ether oxygens (including phenoxy) is 1. The van der Waals surface area contributed by atoms with Crippen LogP contribution >= 0.6 is 11.6 Å². The third kappa shape index (κ3) is 4.84. The maximum atomic E-state index is 12.1. The molecule has 1 heterocycles. The van der Waals surface area contributed by atoms with Gasteiger partial charge in [-0.15, -0.1) is 23.4 Å². The SMILES string of the molecule is FC(F)(F)Oc1ccc(C=Cc2nnc(-c3ccc(Cl)cc3)o2)cc1. The maximum Gasteiger partial charge on any atom is 0.573 e. The minimum Gasteiger partial charge on any atom is -0.417 e. The summed E-state index contributed by atoms with van der Waals surface area (Å²) in [4.78, 5) is 0. The van der Waals surface area contributed by atoms with Gasteiger partial charge in [-0.25, -0.2) is 0 Å². The van der Waals surface area contributed by atoms with Crippen LogP contribution in [0.4, 0.5) is 13.2 Å². The third-order valence-electron chi connectivity index (χ3n) is 3.06. The number of rotatable bonds is 4. The van der Waals surface area contributed by atoms with Crippen LogP contribution in [0.25, 0.3) is 23.6 Å². The molecular weight excluding hydrogens is 357 g/mol. The predicted octanol–water partition coefficient (Wildman–Crippen LogP) is 5.46. The summed E-state index contributed by atoms with van der Waals surface area (Å²) in [5, 5.41) is 8.41. The van der Waals surface area contributed by atoms with Gasteiger partial charge in [0.25, 0.3) is 0 Å². The Hall–Kier alpha value is -2.80. The average Bonchev–Trinajstić information content (AvgIpc) is 3.02. The zero-order valence-electron chi connectivity index (χ0n) is 12.5. The van der Waals surface area contributed by atoms with Crippen LogP contribution in [0.15, 0.2) is 52.9 Å². The van der Waals surface area contributed by atoms with E-state index in [4.69, 9.17) is 16.0 Å². The fraction of sp³-hybridized carbons (Fsp3) is 0.0588.